The Kier molecular flexibility index (Phi) is 1.09. The van der Waals surface area contributed by atoms with Crippen LogP contribution in [0.25, 0.3) is 0 Å². The Labute approximate surface area is 54.6 Å². The number of ketones is 1. The van der Waals surface area contributed by atoms with E-state index < -0.39 is 0 Å². The quantitative estimate of drug-likeness (QED) is 0.505. The van der Waals surface area contributed by atoms with Crippen LogP contribution in [0.3, 0.4) is 0 Å². The molecule has 2 unspecified atom stereocenters. The Morgan fingerprint density at radius 1 is 1.44 bits per heavy atom. The predicted molar refractivity (Wildman–Crippen MR) is 34.1 cm³/mol. The summed E-state index contributed by atoms with van der Waals surface area (Å²) in [6, 6.07) is 0.530. The molecule has 2 heterocycles. The average molecular weight is 125 g/mol. The van der Waals surface area contributed by atoms with Gasteiger partial charge >= 0.3 is 0 Å². The van der Waals surface area contributed by atoms with Gasteiger partial charge in [-0.1, -0.05) is 0 Å². The van der Waals surface area contributed by atoms with E-state index >= 15 is 0 Å². The van der Waals surface area contributed by atoms with Gasteiger partial charge in [-0.05, 0) is 12.8 Å². The molecule has 2 aliphatic heterocycles. The lowest BCUT2D eigenvalue weighted by Crippen LogP contribution is -2.49. The topological polar surface area (TPSA) is 29.1 Å². The summed E-state index contributed by atoms with van der Waals surface area (Å²) in [6.45, 7) is 0.948. The summed E-state index contributed by atoms with van der Waals surface area (Å²) < 4.78 is 0. The highest BCUT2D eigenvalue weighted by molar-refractivity contribution is 5.83. The van der Waals surface area contributed by atoms with Gasteiger partial charge in [-0.2, -0.15) is 0 Å². The second-order valence-electron chi connectivity index (χ2n) is 3.05. The zero-order valence-electron chi connectivity index (χ0n) is 5.39. The molecule has 2 nitrogen and oxygen atoms in total. The zero-order valence-corrected chi connectivity index (χ0v) is 5.39. The molecule has 2 atom stereocenters. The van der Waals surface area contributed by atoms with Gasteiger partial charge in [0, 0.05) is 24.9 Å². The van der Waals surface area contributed by atoms with E-state index in [1.54, 1.807) is 0 Å². The largest absolute Gasteiger partial charge is 0.313 e. The van der Waals surface area contributed by atoms with Crippen molar-refractivity contribution in [2.24, 2.45) is 5.92 Å². The van der Waals surface area contributed by atoms with Crippen molar-refractivity contribution in [2.75, 3.05) is 6.54 Å². The molecule has 1 saturated carbocycles. The molecule has 0 radical (unpaired) electrons. The highest BCUT2D eigenvalue weighted by atomic mass is 16.1. The first kappa shape index (κ1) is 5.42. The lowest BCUT2D eigenvalue weighted by molar-refractivity contribution is -0.127. The number of hydrogen-bond donors (Lipinski definition) is 1. The molecule has 1 aliphatic carbocycles. The molecule has 2 saturated heterocycles. The molecule has 3 aliphatic rings. The normalized spacial score (nSPS) is 41.6. The monoisotopic (exact) mass is 125 g/mol. The van der Waals surface area contributed by atoms with E-state index in [1.165, 1.54) is 6.42 Å². The molecule has 3 rings (SSSR count). The van der Waals surface area contributed by atoms with E-state index in [-0.39, 0.29) is 0 Å². The summed E-state index contributed by atoms with van der Waals surface area (Å²) in [5.41, 5.74) is 0. The van der Waals surface area contributed by atoms with Crippen molar-refractivity contribution in [3.8, 4) is 0 Å². The summed E-state index contributed by atoms with van der Waals surface area (Å²) in [7, 11) is 0. The van der Waals surface area contributed by atoms with Crippen molar-refractivity contribution < 1.29 is 4.79 Å². The number of piperidine rings is 2. The minimum Gasteiger partial charge on any atom is -0.313 e. The van der Waals surface area contributed by atoms with Crippen LogP contribution in [0.4, 0.5) is 0 Å². The van der Waals surface area contributed by atoms with Gasteiger partial charge in [-0.25, -0.2) is 0 Å². The van der Waals surface area contributed by atoms with Crippen LogP contribution in [-0.2, 0) is 4.79 Å². The fourth-order valence-electron chi connectivity index (χ4n) is 1.77. The van der Waals surface area contributed by atoms with Gasteiger partial charge < -0.3 is 5.32 Å². The maximum Gasteiger partial charge on any atom is 0.138 e. The Hall–Kier alpha value is -0.370. The summed E-state index contributed by atoms with van der Waals surface area (Å²) in [5, 5.41) is 3.33. The van der Waals surface area contributed by atoms with Crippen molar-refractivity contribution in [3.05, 3.63) is 0 Å². The summed E-state index contributed by atoms with van der Waals surface area (Å²) in [4.78, 5) is 11.0. The van der Waals surface area contributed by atoms with Gasteiger partial charge in [0.05, 0.1) is 0 Å². The van der Waals surface area contributed by atoms with E-state index in [0.29, 0.717) is 17.7 Å². The minimum absolute atomic E-state index is 0.370. The fourth-order valence-corrected chi connectivity index (χ4v) is 1.77. The van der Waals surface area contributed by atoms with Gasteiger partial charge in [-0.15, -0.1) is 0 Å². The lowest BCUT2D eigenvalue weighted by atomic mass is 9.81. The summed E-state index contributed by atoms with van der Waals surface area (Å²) >= 11 is 0. The number of hydrogen-bond acceptors (Lipinski definition) is 2. The van der Waals surface area contributed by atoms with Crippen LogP contribution in [0, 0.1) is 5.92 Å². The second-order valence-corrected chi connectivity index (χ2v) is 3.05. The van der Waals surface area contributed by atoms with Crippen LogP contribution in [0.5, 0.6) is 0 Å². The number of rotatable bonds is 0. The van der Waals surface area contributed by atoms with Crippen LogP contribution in [-0.4, -0.2) is 18.4 Å². The van der Waals surface area contributed by atoms with Gasteiger partial charge in [0.25, 0.3) is 0 Å². The van der Waals surface area contributed by atoms with E-state index in [9.17, 15) is 4.79 Å². The first-order valence-electron chi connectivity index (χ1n) is 3.62. The molecule has 0 aromatic carbocycles. The number of fused-ring (bicyclic) bond motifs is 3. The van der Waals surface area contributed by atoms with Crippen molar-refractivity contribution >= 4 is 5.78 Å². The number of Topliss-reactive ketones (excluding diaryl/α,β-unsaturated/α-hetero) is 1. The summed E-state index contributed by atoms with van der Waals surface area (Å²) in [6.07, 6.45) is 3.15. The molecule has 0 amide bonds. The van der Waals surface area contributed by atoms with Gasteiger partial charge in [0.2, 0.25) is 0 Å². The molecule has 0 spiro atoms. The predicted octanol–water partition coefficient (Wildman–Crippen LogP) is 0.327. The highest BCUT2D eigenvalue weighted by Gasteiger charge is 2.33. The number of nitrogens with one attached hydrogen (secondary N) is 1. The molecule has 0 aromatic rings. The second kappa shape index (κ2) is 1.81. The smallest absolute Gasteiger partial charge is 0.138 e. The van der Waals surface area contributed by atoms with Gasteiger partial charge in [-0.3, -0.25) is 4.79 Å². The molecule has 50 valence electrons. The number of carbonyl (C=O) groups excluding carboxylic acids is 1. The maximum atomic E-state index is 11.0. The Morgan fingerprint density at radius 2 is 2.33 bits per heavy atom. The SMILES string of the molecule is O=C1CC2CCC1CN2. The Balaban J connectivity index is 2.15. The molecule has 3 fully saturated rings. The minimum atomic E-state index is 0.370. The first-order valence-corrected chi connectivity index (χ1v) is 3.62. The van der Waals surface area contributed by atoms with Crippen LogP contribution >= 0.6 is 0 Å². The van der Waals surface area contributed by atoms with Crippen molar-refractivity contribution in [1.29, 1.82) is 0 Å². The van der Waals surface area contributed by atoms with E-state index in [2.05, 4.69) is 5.32 Å². The molecular formula is C7H11NO. The van der Waals surface area contributed by atoms with Crippen LogP contribution in [0.1, 0.15) is 19.3 Å². The van der Waals surface area contributed by atoms with Gasteiger partial charge in [0.15, 0.2) is 0 Å². The Morgan fingerprint density at radius 3 is 2.56 bits per heavy atom. The third-order valence-corrected chi connectivity index (χ3v) is 2.42. The molecule has 1 N–H and O–H groups in total. The average Bonchev–Trinajstić information content (AvgIpc) is 1.90. The van der Waals surface area contributed by atoms with Crippen LogP contribution in [0.15, 0.2) is 0 Å². The Bertz CT molecular complexity index is 136. The van der Waals surface area contributed by atoms with Crippen molar-refractivity contribution in [1.82, 2.24) is 5.32 Å². The number of carbonyl (C=O) groups is 1. The van der Waals surface area contributed by atoms with Crippen molar-refractivity contribution in [2.45, 2.75) is 25.3 Å². The van der Waals surface area contributed by atoms with Gasteiger partial charge in [0.1, 0.15) is 5.78 Å². The third-order valence-electron chi connectivity index (χ3n) is 2.42. The zero-order chi connectivity index (χ0) is 6.27. The van der Waals surface area contributed by atoms with E-state index in [0.717, 1.165) is 19.4 Å². The maximum absolute atomic E-state index is 11.0. The van der Waals surface area contributed by atoms with Crippen LogP contribution in [0.2, 0.25) is 0 Å². The molecule has 2 heteroatoms. The molecule has 9 heavy (non-hydrogen) atoms. The van der Waals surface area contributed by atoms with Crippen LogP contribution < -0.4 is 5.32 Å². The molecule has 0 aromatic heterocycles. The van der Waals surface area contributed by atoms with E-state index in [4.69, 9.17) is 0 Å². The fraction of sp³-hybridized carbons (Fsp3) is 0.857. The molecule has 2 bridgehead atoms. The third kappa shape index (κ3) is 0.778. The van der Waals surface area contributed by atoms with Crippen molar-refractivity contribution in [3.63, 3.8) is 0 Å². The molecular weight excluding hydrogens is 114 g/mol. The van der Waals surface area contributed by atoms with E-state index in [1.807, 2.05) is 0 Å². The lowest BCUT2D eigenvalue weighted by Gasteiger charge is -2.35. The standard InChI is InChI=1S/C7H11NO/c9-7-3-6-2-1-5(7)4-8-6/h5-6,8H,1-4H2. The first-order chi connectivity index (χ1) is 4.36. The highest BCUT2D eigenvalue weighted by Crippen LogP contribution is 2.25. The summed E-state index contributed by atoms with van der Waals surface area (Å²) in [5.74, 6) is 0.861.